The quantitative estimate of drug-likeness (QED) is 0.880. The highest BCUT2D eigenvalue weighted by Gasteiger charge is 2.21. The monoisotopic (exact) mass is 332 g/mol. The zero-order valence-corrected chi connectivity index (χ0v) is 14.7. The van der Waals surface area contributed by atoms with Gasteiger partial charge in [0.05, 0.1) is 4.90 Å². The first-order chi connectivity index (χ1) is 10.8. The van der Waals surface area contributed by atoms with E-state index in [4.69, 9.17) is 5.14 Å². The molecule has 0 heterocycles. The Bertz CT molecular complexity index is 771. The van der Waals surface area contributed by atoms with Crippen LogP contribution in [0.5, 0.6) is 0 Å². The Morgan fingerprint density at radius 3 is 2.35 bits per heavy atom. The fourth-order valence-electron chi connectivity index (χ4n) is 2.67. The number of nitrogens with zero attached hydrogens (tertiary/aromatic N) is 1. The van der Waals surface area contributed by atoms with E-state index >= 15 is 0 Å². The Hall–Kier alpha value is -1.85. The van der Waals surface area contributed by atoms with Crippen LogP contribution in [0.3, 0.4) is 0 Å². The van der Waals surface area contributed by atoms with Gasteiger partial charge < -0.3 is 4.90 Å². The molecule has 0 aliphatic heterocycles. The molecular formula is C18H24N2O2S. The number of sulfonamides is 1. The first-order valence-corrected chi connectivity index (χ1v) is 9.33. The topological polar surface area (TPSA) is 63.4 Å². The van der Waals surface area contributed by atoms with Crippen molar-refractivity contribution in [3.63, 3.8) is 0 Å². The summed E-state index contributed by atoms with van der Waals surface area (Å²) < 4.78 is 24.3. The lowest BCUT2D eigenvalue weighted by Crippen LogP contribution is -2.21. The minimum absolute atomic E-state index is 0.182. The molecule has 23 heavy (non-hydrogen) atoms. The second-order valence-corrected chi connectivity index (χ2v) is 7.37. The molecule has 124 valence electrons. The highest BCUT2D eigenvalue weighted by molar-refractivity contribution is 7.89. The van der Waals surface area contributed by atoms with Crippen molar-refractivity contribution in [1.82, 2.24) is 0 Å². The van der Waals surface area contributed by atoms with Gasteiger partial charge in [-0.2, -0.15) is 0 Å². The number of rotatable bonds is 6. The minimum Gasteiger partial charge on any atom is -0.374 e. The smallest absolute Gasteiger partial charge is 0.238 e. The van der Waals surface area contributed by atoms with Crippen LogP contribution in [0.2, 0.25) is 0 Å². The molecule has 0 fully saturated rings. The molecule has 0 saturated carbocycles. The van der Waals surface area contributed by atoms with Gasteiger partial charge in [0, 0.05) is 24.8 Å². The number of aryl methyl sites for hydroxylation is 1. The SMILES string of the molecule is CCCCN(C)c1cc(C)cc(S(N)(=O)=O)c1-c1ccccc1. The molecule has 0 saturated heterocycles. The van der Waals surface area contributed by atoms with Crippen LogP contribution in [-0.2, 0) is 10.0 Å². The van der Waals surface area contributed by atoms with Crippen LogP contribution < -0.4 is 10.0 Å². The van der Waals surface area contributed by atoms with E-state index in [2.05, 4.69) is 11.8 Å². The van der Waals surface area contributed by atoms with Gasteiger partial charge in [0.2, 0.25) is 10.0 Å². The Morgan fingerprint density at radius 2 is 1.78 bits per heavy atom. The van der Waals surface area contributed by atoms with Crippen LogP contribution in [0.4, 0.5) is 5.69 Å². The fourth-order valence-corrected chi connectivity index (χ4v) is 3.53. The maximum absolute atomic E-state index is 12.1. The van der Waals surface area contributed by atoms with E-state index in [1.807, 2.05) is 50.4 Å². The number of primary sulfonamides is 1. The first-order valence-electron chi connectivity index (χ1n) is 7.78. The number of hydrogen-bond donors (Lipinski definition) is 1. The van der Waals surface area contributed by atoms with Crippen LogP contribution in [0.25, 0.3) is 11.1 Å². The maximum atomic E-state index is 12.1. The van der Waals surface area contributed by atoms with Gasteiger partial charge in [-0.25, -0.2) is 13.6 Å². The largest absolute Gasteiger partial charge is 0.374 e. The minimum atomic E-state index is -3.81. The van der Waals surface area contributed by atoms with E-state index in [1.165, 1.54) is 0 Å². The molecule has 0 aliphatic rings. The molecule has 0 amide bonds. The van der Waals surface area contributed by atoms with Crippen LogP contribution in [0, 0.1) is 6.92 Å². The average Bonchev–Trinajstić information content (AvgIpc) is 2.51. The second kappa shape index (κ2) is 7.15. The van der Waals surface area contributed by atoms with Crippen molar-refractivity contribution in [3.8, 4) is 11.1 Å². The number of nitrogens with two attached hydrogens (primary N) is 1. The molecule has 0 aliphatic carbocycles. The van der Waals surface area contributed by atoms with Crippen LogP contribution in [0.1, 0.15) is 25.3 Å². The third-order valence-corrected chi connectivity index (χ3v) is 4.79. The van der Waals surface area contributed by atoms with Crippen molar-refractivity contribution in [2.45, 2.75) is 31.6 Å². The van der Waals surface area contributed by atoms with E-state index in [0.29, 0.717) is 5.56 Å². The highest BCUT2D eigenvalue weighted by Crippen LogP contribution is 2.37. The van der Waals surface area contributed by atoms with Gasteiger partial charge in [0.15, 0.2) is 0 Å². The number of hydrogen-bond acceptors (Lipinski definition) is 3. The Labute approximate surface area is 139 Å². The number of unbranched alkanes of at least 4 members (excludes halogenated alkanes) is 1. The lowest BCUT2D eigenvalue weighted by atomic mass is 10.0. The van der Waals surface area contributed by atoms with Crippen molar-refractivity contribution >= 4 is 15.7 Å². The Kier molecular flexibility index (Phi) is 5.44. The van der Waals surface area contributed by atoms with Gasteiger partial charge in [-0.1, -0.05) is 43.7 Å². The van der Waals surface area contributed by atoms with E-state index in [-0.39, 0.29) is 4.90 Å². The predicted molar refractivity (Wildman–Crippen MR) is 96.2 cm³/mol. The van der Waals surface area contributed by atoms with Gasteiger partial charge in [-0.15, -0.1) is 0 Å². The summed E-state index contributed by atoms with van der Waals surface area (Å²) in [5.41, 5.74) is 3.31. The first kappa shape index (κ1) is 17.5. The lowest BCUT2D eigenvalue weighted by Gasteiger charge is -2.25. The molecule has 0 spiro atoms. The third-order valence-electron chi connectivity index (χ3n) is 3.85. The summed E-state index contributed by atoms with van der Waals surface area (Å²) in [6.07, 6.45) is 2.13. The van der Waals surface area contributed by atoms with Crippen molar-refractivity contribution < 1.29 is 8.42 Å². The Balaban J connectivity index is 2.72. The molecular weight excluding hydrogens is 308 g/mol. The standard InChI is InChI=1S/C18H24N2O2S/c1-4-5-11-20(3)16-12-14(2)13-17(23(19,21)22)18(16)15-9-7-6-8-10-15/h6-10,12-13H,4-5,11H2,1-3H3,(H2,19,21,22). The Morgan fingerprint density at radius 1 is 1.13 bits per heavy atom. The molecule has 4 nitrogen and oxygen atoms in total. The van der Waals surface area contributed by atoms with Crippen LogP contribution in [0.15, 0.2) is 47.4 Å². The maximum Gasteiger partial charge on any atom is 0.238 e. The predicted octanol–water partition coefficient (Wildman–Crippen LogP) is 3.55. The average molecular weight is 332 g/mol. The van der Waals surface area contributed by atoms with E-state index < -0.39 is 10.0 Å². The summed E-state index contributed by atoms with van der Waals surface area (Å²) in [5, 5.41) is 5.49. The van der Waals surface area contributed by atoms with Crippen LogP contribution >= 0.6 is 0 Å². The zero-order valence-electron chi connectivity index (χ0n) is 13.9. The van der Waals surface area contributed by atoms with E-state index in [9.17, 15) is 8.42 Å². The molecule has 0 unspecified atom stereocenters. The van der Waals surface area contributed by atoms with Crippen molar-refractivity contribution in [2.75, 3.05) is 18.5 Å². The summed E-state index contributed by atoms with van der Waals surface area (Å²) in [6.45, 7) is 4.89. The molecule has 2 aromatic rings. The molecule has 0 atom stereocenters. The number of anilines is 1. The molecule has 0 bridgehead atoms. The summed E-state index contributed by atoms with van der Waals surface area (Å²) in [6, 6.07) is 13.2. The van der Waals surface area contributed by atoms with Gasteiger partial charge in [-0.3, -0.25) is 0 Å². The zero-order chi connectivity index (χ0) is 17.0. The molecule has 5 heteroatoms. The van der Waals surface area contributed by atoms with E-state index in [0.717, 1.165) is 36.2 Å². The molecule has 2 N–H and O–H groups in total. The third kappa shape index (κ3) is 4.12. The summed E-state index contributed by atoms with van der Waals surface area (Å²) >= 11 is 0. The van der Waals surface area contributed by atoms with Gasteiger partial charge in [-0.05, 0) is 36.6 Å². The van der Waals surface area contributed by atoms with Crippen LogP contribution in [-0.4, -0.2) is 22.0 Å². The molecule has 0 radical (unpaired) electrons. The lowest BCUT2D eigenvalue weighted by molar-refractivity contribution is 0.598. The number of benzene rings is 2. The fraction of sp³-hybridized carbons (Fsp3) is 0.333. The van der Waals surface area contributed by atoms with Gasteiger partial charge >= 0.3 is 0 Å². The normalized spacial score (nSPS) is 11.5. The van der Waals surface area contributed by atoms with Crippen molar-refractivity contribution in [1.29, 1.82) is 0 Å². The summed E-state index contributed by atoms with van der Waals surface area (Å²) in [7, 11) is -1.82. The van der Waals surface area contributed by atoms with E-state index in [1.54, 1.807) is 6.07 Å². The van der Waals surface area contributed by atoms with Gasteiger partial charge in [0.1, 0.15) is 0 Å². The second-order valence-electron chi connectivity index (χ2n) is 5.84. The van der Waals surface area contributed by atoms with Crippen molar-refractivity contribution in [3.05, 3.63) is 48.0 Å². The summed E-state index contributed by atoms with van der Waals surface area (Å²) in [4.78, 5) is 2.29. The molecule has 2 aromatic carbocycles. The van der Waals surface area contributed by atoms with Gasteiger partial charge in [0.25, 0.3) is 0 Å². The molecule has 2 rings (SSSR count). The highest BCUT2D eigenvalue weighted by atomic mass is 32.2. The van der Waals surface area contributed by atoms with Crippen molar-refractivity contribution in [2.24, 2.45) is 5.14 Å². The summed E-state index contributed by atoms with van der Waals surface area (Å²) in [5.74, 6) is 0. The molecule has 0 aromatic heterocycles.